The van der Waals surface area contributed by atoms with Gasteiger partial charge in [0.15, 0.2) is 11.5 Å². The minimum Gasteiger partial charge on any atom is -0.479 e. The van der Waals surface area contributed by atoms with Crippen LogP contribution in [0.5, 0.6) is 0 Å². The summed E-state index contributed by atoms with van der Waals surface area (Å²) in [6, 6.07) is 0. The molecule has 0 bridgehead atoms. The molecule has 92 valence electrons. The Hall–Kier alpha value is -1.48. The number of carbonyl (C=O) groups excluding carboxylic acids is 1. The average molecular weight is 249 g/mol. The molecule has 0 radical (unpaired) electrons. The van der Waals surface area contributed by atoms with Crippen molar-refractivity contribution in [3.63, 3.8) is 0 Å². The van der Waals surface area contributed by atoms with Gasteiger partial charge in [0, 0.05) is 6.54 Å². The predicted molar refractivity (Wildman–Crippen MR) is 61.6 cm³/mol. The van der Waals surface area contributed by atoms with Gasteiger partial charge in [0.05, 0.1) is 0 Å². The largest absolute Gasteiger partial charge is 0.479 e. The Balaban J connectivity index is 4.41. The molecule has 0 aromatic heterocycles. The lowest BCUT2D eigenvalue weighted by atomic mass is 9.94. The molecule has 1 amide bonds. The van der Waals surface area contributed by atoms with Gasteiger partial charge in [0.1, 0.15) is 0 Å². The molecule has 0 aliphatic carbocycles. The van der Waals surface area contributed by atoms with Crippen molar-refractivity contribution in [1.82, 2.24) is 4.72 Å². The number of rotatable bonds is 6. The molecule has 8 N–H and O–H groups in total. The molecule has 0 aliphatic heterocycles. The van der Waals surface area contributed by atoms with Crippen molar-refractivity contribution in [2.45, 2.75) is 18.4 Å². The summed E-state index contributed by atoms with van der Waals surface area (Å²) in [5.41, 5.74) is 13.6. The highest BCUT2D eigenvalue weighted by molar-refractivity contribution is 7.78. The monoisotopic (exact) mass is 249 g/mol. The Morgan fingerprint density at radius 2 is 2.00 bits per heavy atom. The minimum atomic E-state index is -2.01. The SMILES string of the molecule is NC(N)=NCCCC(N)(C(=O)O)C(=O)NS. The van der Waals surface area contributed by atoms with E-state index in [1.54, 1.807) is 0 Å². The summed E-state index contributed by atoms with van der Waals surface area (Å²) in [5, 5.41) is 8.84. The van der Waals surface area contributed by atoms with Crippen LogP contribution in [0.4, 0.5) is 0 Å². The molecule has 0 saturated carbocycles. The number of guanidine groups is 1. The topological polar surface area (TPSA) is 157 Å². The fourth-order valence-corrected chi connectivity index (χ4v) is 1.18. The van der Waals surface area contributed by atoms with Crippen LogP contribution in [0, 0.1) is 0 Å². The Bertz CT molecular complexity index is 304. The zero-order valence-corrected chi connectivity index (χ0v) is 9.41. The lowest BCUT2D eigenvalue weighted by Gasteiger charge is -2.21. The van der Waals surface area contributed by atoms with Crippen molar-refractivity contribution >= 4 is 30.7 Å². The van der Waals surface area contributed by atoms with E-state index < -0.39 is 17.4 Å². The number of carboxylic acid groups (broad SMARTS) is 1. The normalized spacial score (nSPS) is 13.6. The smallest absolute Gasteiger partial charge is 0.333 e. The number of hydrogen-bond donors (Lipinski definition) is 6. The zero-order chi connectivity index (χ0) is 12.8. The summed E-state index contributed by atoms with van der Waals surface area (Å²) in [6.07, 6.45) is 0.174. The fraction of sp³-hybridized carbons (Fsp3) is 0.571. The van der Waals surface area contributed by atoms with Crippen molar-refractivity contribution in [2.75, 3.05) is 6.54 Å². The highest BCUT2D eigenvalue weighted by Gasteiger charge is 2.41. The van der Waals surface area contributed by atoms with Crippen molar-refractivity contribution < 1.29 is 14.7 Å². The van der Waals surface area contributed by atoms with Crippen LogP contribution in [0.2, 0.25) is 0 Å². The molecular formula is C7H15N5O3S. The molecule has 0 aliphatic rings. The lowest BCUT2D eigenvalue weighted by Crippen LogP contribution is -2.58. The van der Waals surface area contributed by atoms with Gasteiger partial charge in [0.2, 0.25) is 0 Å². The number of nitrogens with zero attached hydrogens (tertiary/aromatic N) is 1. The number of carboxylic acids is 1. The van der Waals surface area contributed by atoms with E-state index in [1.807, 2.05) is 4.72 Å². The first-order valence-electron chi connectivity index (χ1n) is 4.36. The molecule has 0 heterocycles. The third-order valence-corrected chi connectivity index (χ3v) is 2.12. The van der Waals surface area contributed by atoms with E-state index in [9.17, 15) is 9.59 Å². The molecule has 0 aromatic rings. The van der Waals surface area contributed by atoms with E-state index in [0.717, 1.165) is 0 Å². The number of nitrogens with one attached hydrogen (secondary N) is 1. The maximum Gasteiger partial charge on any atom is 0.333 e. The number of aliphatic carboxylic acids is 1. The van der Waals surface area contributed by atoms with Crippen molar-refractivity contribution in [2.24, 2.45) is 22.2 Å². The predicted octanol–water partition coefficient (Wildman–Crippen LogP) is -2.22. The van der Waals surface area contributed by atoms with E-state index in [1.165, 1.54) is 0 Å². The van der Waals surface area contributed by atoms with Gasteiger partial charge in [-0.25, -0.2) is 4.79 Å². The van der Waals surface area contributed by atoms with E-state index in [0.29, 0.717) is 0 Å². The third-order valence-electron chi connectivity index (χ3n) is 1.91. The van der Waals surface area contributed by atoms with Gasteiger partial charge in [0.25, 0.3) is 5.91 Å². The Kier molecular flexibility index (Phi) is 5.61. The molecule has 1 unspecified atom stereocenters. The average Bonchev–Trinajstić information content (AvgIpc) is 2.22. The van der Waals surface area contributed by atoms with Crippen LogP contribution in [-0.4, -0.2) is 35.0 Å². The van der Waals surface area contributed by atoms with E-state index in [-0.39, 0.29) is 25.3 Å². The minimum absolute atomic E-state index is 0.0918. The standard InChI is InChI=1S/C7H15N5O3S/c8-6(9)11-3-1-2-7(10,5(14)15)4(13)12-16/h16H,1-3,10H2,(H,12,13)(H,14,15)(H4,8,9,11). The summed E-state index contributed by atoms with van der Waals surface area (Å²) in [6.45, 7) is 0.203. The summed E-state index contributed by atoms with van der Waals surface area (Å²) in [4.78, 5) is 25.7. The second-order valence-electron chi connectivity index (χ2n) is 3.13. The van der Waals surface area contributed by atoms with E-state index in [2.05, 4.69) is 17.8 Å². The molecular weight excluding hydrogens is 234 g/mol. The first-order valence-corrected chi connectivity index (χ1v) is 4.81. The molecule has 0 aromatic carbocycles. The van der Waals surface area contributed by atoms with Crippen LogP contribution in [0.15, 0.2) is 4.99 Å². The Morgan fingerprint density at radius 3 is 2.38 bits per heavy atom. The van der Waals surface area contributed by atoms with Gasteiger partial charge in [-0.05, 0) is 12.8 Å². The molecule has 0 rings (SSSR count). The molecule has 16 heavy (non-hydrogen) atoms. The summed E-state index contributed by atoms with van der Waals surface area (Å²) in [5.74, 6) is -2.41. The van der Waals surface area contributed by atoms with Crippen molar-refractivity contribution in [3.8, 4) is 0 Å². The second kappa shape index (κ2) is 6.18. The van der Waals surface area contributed by atoms with Crippen LogP contribution >= 0.6 is 12.8 Å². The molecule has 0 spiro atoms. The van der Waals surface area contributed by atoms with Gasteiger partial charge >= 0.3 is 5.97 Å². The van der Waals surface area contributed by atoms with Crippen LogP contribution < -0.4 is 21.9 Å². The van der Waals surface area contributed by atoms with Crippen LogP contribution in [0.25, 0.3) is 0 Å². The maximum atomic E-state index is 11.2. The van der Waals surface area contributed by atoms with Gasteiger partial charge in [-0.1, -0.05) is 12.8 Å². The van der Waals surface area contributed by atoms with Crippen molar-refractivity contribution in [3.05, 3.63) is 0 Å². The van der Waals surface area contributed by atoms with Gasteiger partial charge in [-0.15, -0.1) is 0 Å². The third kappa shape index (κ3) is 3.95. The quantitative estimate of drug-likeness (QED) is 0.103. The Labute approximate surface area is 97.8 Å². The van der Waals surface area contributed by atoms with Gasteiger partial charge in [-0.3, -0.25) is 9.79 Å². The molecule has 8 nitrogen and oxygen atoms in total. The molecule has 0 saturated heterocycles. The zero-order valence-electron chi connectivity index (χ0n) is 8.51. The second-order valence-corrected chi connectivity index (χ2v) is 3.35. The number of nitrogens with two attached hydrogens (primary N) is 3. The number of amides is 1. The van der Waals surface area contributed by atoms with Crippen LogP contribution in [0.1, 0.15) is 12.8 Å². The van der Waals surface area contributed by atoms with Crippen LogP contribution in [0.3, 0.4) is 0 Å². The highest BCUT2D eigenvalue weighted by Crippen LogP contribution is 2.11. The van der Waals surface area contributed by atoms with Crippen LogP contribution in [-0.2, 0) is 9.59 Å². The number of thiol groups is 1. The van der Waals surface area contributed by atoms with Gasteiger partial charge < -0.3 is 27.0 Å². The van der Waals surface area contributed by atoms with E-state index >= 15 is 0 Å². The molecule has 0 fully saturated rings. The van der Waals surface area contributed by atoms with Crippen molar-refractivity contribution in [1.29, 1.82) is 0 Å². The first kappa shape index (κ1) is 14.5. The number of hydrogen-bond acceptors (Lipinski definition) is 5. The first-order chi connectivity index (χ1) is 7.34. The van der Waals surface area contributed by atoms with E-state index in [4.69, 9.17) is 22.3 Å². The number of aliphatic imine (C=N–C) groups is 1. The summed E-state index contributed by atoms with van der Waals surface area (Å²) < 4.78 is 1.90. The summed E-state index contributed by atoms with van der Waals surface area (Å²) >= 11 is 3.47. The fourth-order valence-electron chi connectivity index (χ4n) is 0.983. The van der Waals surface area contributed by atoms with Gasteiger partial charge in [-0.2, -0.15) is 0 Å². The highest BCUT2D eigenvalue weighted by atomic mass is 32.1. The Morgan fingerprint density at radius 1 is 1.44 bits per heavy atom. The summed E-state index contributed by atoms with van der Waals surface area (Å²) in [7, 11) is 0. The molecule has 1 atom stereocenters. The maximum absolute atomic E-state index is 11.2. The lowest BCUT2D eigenvalue weighted by molar-refractivity contribution is -0.148. The number of carbonyl (C=O) groups is 2. The molecule has 9 heteroatoms.